The highest BCUT2D eigenvalue weighted by molar-refractivity contribution is 5.78. The van der Waals surface area contributed by atoms with Gasteiger partial charge in [0.25, 0.3) is 0 Å². The van der Waals surface area contributed by atoms with Gasteiger partial charge in [-0.1, -0.05) is 42.5 Å². The van der Waals surface area contributed by atoms with Crippen LogP contribution in [0.15, 0.2) is 54.6 Å². The summed E-state index contributed by atoms with van der Waals surface area (Å²) in [5.41, 5.74) is 1.65. The molecule has 0 bridgehead atoms. The van der Waals surface area contributed by atoms with Crippen molar-refractivity contribution in [2.24, 2.45) is 0 Å². The first-order valence-corrected chi connectivity index (χ1v) is 6.37. The van der Waals surface area contributed by atoms with E-state index in [9.17, 15) is 9.90 Å². The minimum Gasteiger partial charge on any atom is -0.495 e. The predicted octanol–water partition coefficient (Wildman–Crippen LogP) is 2.80. The molecular weight excluding hydrogens is 254 g/mol. The Labute approximate surface area is 118 Å². The quantitative estimate of drug-likeness (QED) is 0.848. The van der Waals surface area contributed by atoms with Crippen LogP contribution in [0.2, 0.25) is 0 Å². The van der Waals surface area contributed by atoms with E-state index >= 15 is 0 Å². The van der Waals surface area contributed by atoms with Crippen molar-refractivity contribution in [3.05, 3.63) is 60.2 Å². The molecule has 20 heavy (non-hydrogen) atoms. The topological polar surface area (TPSA) is 58.6 Å². The summed E-state index contributed by atoms with van der Waals surface area (Å²) in [7, 11) is 1.56. The number of para-hydroxylation sites is 2. The molecule has 0 fully saturated rings. The number of ether oxygens (including phenoxy) is 1. The minimum absolute atomic E-state index is 0.411. The van der Waals surface area contributed by atoms with Gasteiger partial charge in [-0.3, -0.25) is 0 Å². The van der Waals surface area contributed by atoms with Gasteiger partial charge < -0.3 is 15.2 Å². The first-order valence-electron chi connectivity index (χ1n) is 6.37. The summed E-state index contributed by atoms with van der Waals surface area (Å²) in [4.78, 5) is 11.4. The van der Waals surface area contributed by atoms with Gasteiger partial charge in [0, 0.05) is 6.42 Å². The fourth-order valence-electron chi connectivity index (χ4n) is 2.00. The Morgan fingerprint density at radius 2 is 1.80 bits per heavy atom. The first kappa shape index (κ1) is 13.9. The second-order valence-electron chi connectivity index (χ2n) is 4.43. The molecule has 4 nitrogen and oxygen atoms in total. The highest BCUT2D eigenvalue weighted by Gasteiger charge is 2.19. The summed E-state index contributed by atoms with van der Waals surface area (Å²) in [5.74, 6) is -0.258. The molecule has 0 aliphatic heterocycles. The van der Waals surface area contributed by atoms with Gasteiger partial charge in [-0.15, -0.1) is 0 Å². The lowest BCUT2D eigenvalue weighted by Crippen LogP contribution is -2.31. The van der Waals surface area contributed by atoms with E-state index < -0.39 is 12.0 Å². The van der Waals surface area contributed by atoms with Gasteiger partial charge in [0.05, 0.1) is 12.8 Å². The summed E-state index contributed by atoms with van der Waals surface area (Å²) in [6.45, 7) is 0. The number of benzene rings is 2. The van der Waals surface area contributed by atoms with Crippen LogP contribution < -0.4 is 10.1 Å². The maximum atomic E-state index is 11.4. The maximum Gasteiger partial charge on any atom is 0.326 e. The summed E-state index contributed by atoms with van der Waals surface area (Å²) in [6, 6.07) is 16.1. The van der Waals surface area contributed by atoms with E-state index in [1.165, 1.54) is 0 Å². The van der Waals surface area contributed by atoms with Crippen molar-refractivity contribution in [2.45, 2.75) is 12.5 Å². The molecular formula is C16H17NO3. The van der Waals surface area contributed by atoms with Crippen LogP contribution in [0.25, 0.3) is 0 Å². The molecule has 0 aliphatic carbocycles. The lowest BCUT2D eigenvalue weighted by Gasteiger charge is -2.17. The van der Waals surface area contributed by atoms with E-state index in [1.807, 2.05) is 42.5 Å². The summed E-state index contributed by atoms with van der Waals surface area (Å²) in [5, 5.41) is 12.4. The Kier molecular flexibility index (Phi) is 4.60. The molecule has 4 heteroatoms. The smallest absolute Gasteiger partial charge is 0.326 e. The molecule has 2 aromatic rings. The number of methoxy groups -OCH3 is 1. The van der Waals surface area contributed by atoms with Crippen molar-refractivity contribution in [2.75, 3.05) is 12.4 Å². The van der Waals surface area contributed by atoms with Crippen molar-refractivity contribution >= 4 is 11.7 Å². The van der Waals surface area contributed by atoms with Crippen LogP contribution in [0.3, 0.4) is 0 Å². The van der Waals surface area contributed by atoms with Crippen molar-refractivity contribution in [3.8, 4) is 5.75 Å². The van der Waals surface area contributed by atoms with Crippen LogP contribution in [-0.2, 0) is 11.2 Å². The lowest BCUT2D eigenvalue weighted by atomic mass is 10.1. The van der Waals surface area contributed by atoms with Crippen molar-refractivity contribution in [1.29, 1.82) is 0 Å². The second kappa shape index (κ2) is 6.61. The molecule has 0 saturated carbocycles. The van der Waals surface area contributed by atoms with Gasteiger partial charge in [-0.05, 0) is 17.7 Å². The number of carbonyl (C=O) groups is 1. The molecule has 0 amide bonds. The normalized spacial score (nSPS) is 11.7. The fourth-order valence-corrected chi connectivity index (χ4v) is 2.00. The summed E-state index contributed by atoms with van der Waals surface area (Å²) >= 11 is 0. The SMILES string of the molecule is COc1ccccc1N[C@@H](Cc1ccccc1)C(=O)O. The van der Waals surface area contributed by atoms with Gasteiger partial charge in [-0.25, -0.2) is 4.79 Å². The van der Waals surface area contributed by atoms with E-state index in [2.05, 4.69) is 5.32 Å². The molecule has 104 valence electrons. The average Bonchev–Trinajstić information content (AvgIpc) is 2.48. The third kappa shape index (κ3) is 3.51. The largest absolute Gasteiger partial charge is 0.495 e. The molecule has 0 unspecified atom stereocenters. The Hall–Kier alpha value is -2.49. The van der Waals surface area contributed by atoms with Gasteiger partial charge >= 0.3 is 5.97 Å². The Balaban J connectivity index is 2.16. The highest BCUT2D eigenvalue weighted by atomic mass is 16.5. The third-order valence-electron chi connectivity index (χ3n) is 3.02. The van der Waals surface area contributed by atoms with Gasteiger partial charge in [0.2, 0.25) is 0 Å². The van der Waals surface area contributed by atoms with Crippen LogP contribution in [0.4, 0.5) is 5.69 Å². The fraction of sp³-hybridized carbons (Fsp3) is 0.188. The predicted molar refractivity (Wildman–Crippen MR) is 78.2 cm³/mol. The number of nitrogens with one attached hydrogen (secondary N) is 1. The van der Waals surface area contributed by atoms with Crippen LogP contribution in [-0.4, -0.2) is 24.2 Å². The molecule has 0 spiro atoms. The molecule has 0 aliphatic rings. The van der Waals surface area contributed by atoms with E-state index in [0.717, 1.165) is 5.56 Å². The highest BCUT2D eigenvalue weighted by Crippen LogP contribution is 2.24. The number of hydrogen-bond acceptors (Lipinski definition) is 3. The zero-order valence-electron chi connectivity index (χ0n) is 11.2. The van der Waals surface area contributed by atoms with Crippen LogP contribution in [0.5, 0.6) is 5.75 Å². The van der Waals surface area contributed by atoms with Crippen molar-refractivity contribution in [1.82, 2.24) is 0 Å². The lowest BCUT2D eigenvalue weighted by molar-refractivity contribution is -0.137. The molecule has 1 atom stereocenters. The molecule has 0 saturated heterocycles. The number of aliphatic carboxylic acids is 1. The van der Waals surface area contributed by atoms with Crippen molar-refractivity contribution in [3.63, 3.8) is 0 Å². The standard InChI is InChI=1S/C16H17NO3/c1-20-15-10-6-5-9-13(15)17-14(16(18)19)11-12-7-3-2-4-8-12/h2-10,14,17H,11H2,1H3,(H,18,19)/t14-/m0/s1. The Morgan fingerprint density at radius 1 is 1.15 bits per heavy atom. The average molecular weight is 271 g/mol. The van der Waals surface area contributed by atoms with Gasteiger partial charge in [-0.2, -0.15) is 0 Å². The summed E-state index contributed by atoms with van der Waals surface area (Å²) in [6.07, 6.45) is 0.411. The first-order chi connectivity index (χ1) is 9.70. The molecule has 2 N–H and O–H groups in total. The molecule has 2 rings (SSSR count). The monoisotopic (exact) mass is 271 g/mol. The number of hydrogen-bond donors (Lipinski definition) is 2. The molecule has 0 heterocycles. The van der Waals surface area contributed by atoms with Crippen LogP contribution >= 0.6 is 0 Å². The number of anilines is 1. The van der Waals surface area contributed by atoms with Gasteiger partial charge in [0.1, 0.15) is 11.8 Å². The Morgan fingerprint density at radius 3 is 2.45 bits per heavy atom. The number of rotatable bonds is 6. The second-order valence-corrected chi connectivity index (χ2v) is 4.43. The van der Waals surface area contributed by atoms with E-state index in [1.54, 1.807) is 19.2 Å². The third-order valence-corrected chi connectivity index (χ3v) is 3.02. The van der Waals surface area contributed by atoms with E-state index in [-0.39, 0.29) is 0 Å². The zero-order chi connectivity index (χ0) is 14.4. The maximum absolute atomic E-state index is 11.4. The van der Waals surface area contributed by atoms with Crippen LogP contribution in [0.1, 0.15) is 5.56 Å². The van der Waals surface area contributed by atoms with Gasteiger partial charge in [0.15, 0.2) is 0 Å². The minimum atomic E-state index is -0.889. The number of carboxylic acid groups (broad SMARTS) is 1. The Bertz CT molecular complexity index is 569. The number of carboxylic acids is 1. The molecule has 0 radical (unpaired) electrons. The molecule has 2 aromatic carbocycles. The van der Waals surface area contributed by atoms with E-state index in [0.29, 0.717) is 17.9 Å². The van der Waals surface area contributed by atoms with Crippen molar-refractivity contribution < 1.29 is 14.6 Å². The zero-order valence-corrected chi connectivity index (χ0v) is 11.2. The molecule has 0 aromatic heterocycles. The summed E-state index contributed by atoms with van der Waals surface area (Å²) < 4.78 is 5.22. The van der Waals surface area contributed by atoms with E-state index in [4.69, 9.17) is 4.74 Å². The van der Waals surface area contributed by atoms with Crippen LogP contribution in [0, 0.1) is 0 Å².